The lowest BCUT2D eigenvalue weighted by Crippen LogP contribution is -2.30. The van der Waals surface area contributed by atoms with Crippen LogP contribution in [-0.2, 0) is 15.8 Å². The van der Waals surface area contributed by atoms with Crippen molar-refractivity contribution in [2.24, 2.45) is 0 Å². The molecule has 0 aromatic heterocycles. The lowest BCUT2D eigenvalue weighted by Gasteiger charge is -2.13. The van der Waals surface area contributed by atoms with Gasteiger partial charge in [-0.05, 0) is 66.7 Å². The summed E-state index contributed by atoms with van der Waals surface area (Å²) in [6.07, 6.45) is -3.41. The number of hydrogen-bond donors (Lipinski definition) is 3. The van der Waals surface area contributed by atoms with Crippen molar-refractivity contribution in [3.05, 3.63) is 130 Å². The van der Waals surface area contributed by atoms with E-state index in [9.17, 15) is 31.9 Å². The molecule has 0 saturated heterocycles. The van der Waals surface area contributed by atoms with Crippen molar-refractivity contribution in [1.29, 1.82) is 0 Å². The summed E-state index contributed by atoms with van der Waals surface area (Å²) < 4.78 is 53.3. The molecule has 220 valence electrons. The molecule has 0 aliphatic carbocycles. The van der Waals surface area contributed by atoms with Crippen LogP contribution in [0.15, 0.2) is 108 Å². The van der Waals surface area contributed by atoms with Crippen molar-refractivity contribution < 1.29 is 31.9 Å². The molecule has 4 aromatic carbocycles. The zero-order valence-corrected chi connectivity index (χ0v) is 23.6. The molecule has 6 nitrogen and oxygen atoms in total. The molecule has 0 fully saturated rings. The van der Waals surface area contributed by atoms with E-state index >= 15 is 0 Å². The summed E-state index contributed by atoms with van der Waals surface area (Å²) in [7, 11) is 0. The van der Waals surface area contributed by atoms with Gasteiger partial charge in [-0.3, -0.25) is 14.4 Å². The Balaban J connectivity index is 1.46. The number of halogens is 5. The fraction of sp³-hybridized carbons (Fsp3) is 0.0645. The number of carbonyl (C=O) groups is 3. The molecule has 43 heavy (non-hydrogen) atoms. The average molecular weight is 628 g/mol. The molecule has 12 heteroatoms. The Kier molecular flexibility index (Phi) is 10.2. The van der Waals surface area contributed by atoms with Crippen LogP contribution in [-0.4, -0.2) is 23.5 Å². The first-order chi connectivity index (χ1) is 20.5. The van der Waals surface area contributed by atoms with E-state index in [2.05, 4.69) is 16.0 Å². The molecule has 0 spiro atoms. The highest BCUT2D eigenvalue weighted by Crippen LogP contribution is 2.31. The van der Waals surface area contributed by atoms with E-state index in [0.29, 0.717) is 10.6 Å². The molecule has 0 aliphatic rings. The van der Waals surface area contributed by atoms with Crippen LogP contribution in [0.4, 0.5) is 28.9 Å². The number of alkyl halides is 3. The molecule has 0 radical (unpaired) electrons. The summed E-state index contributed by atoms with van der Waals surface area (Å²) in [4.78, 5) is 39.0. The Morgan fingerprint density at radius 1 is 0.814 bits per heavy atom. The number of benzene rings is 4. The summed E-state index contributed by atoms with van der Waals surface area (Å²) in [5, 5.41) is 7.60. The second-order valence-corrected chi connectivity index (χ2v) is 10.4. The molecule has 0 heterocycles. The van der Waals surface area contributed by atoms with Crippen LogP contribution in [0.25, 0.3) is 6.08 Å². The second-order valence-electron chi connectivity index (χ2n) is 8.91. The predicted molar refractivity (Wildman–Crippen MR) is 159 cm³/mol. The molecular formula is C31H22ClF4N3O3S. The maximum absolute atomic E-state index is 14.5. The van der Waals surface area contributed by atoms with Crippen molar-refractivity contribution >= 4 is 58.5 Å². The van der Waals surface area contributed by atoms with Gasteiger partial charge in [-0.15, -0.1) is 11.8 Å². The van der Waals surface area contributed by atoms with Gasteiger partial charge < -0.3 is 16.0 Å². The first kappa shape index (κ1) is 31.3. The maximum Gasteiger partial charge on any atom is 0.416 e. The van der Waals surface area contributed by atoms with Gasteiger partial charge in [0, 0.05) is 27.4 Å². The largest absolute Gasteiger partial charge is 0.416 e. The van der Waals surface area contributed by atoms with Crippen LogP contribution >= 0.6 is 23.4 Å². The minimum Gasteiger partial charge on any atom is -0.325 e. The van der Waals surface area contributed by atoms with E-state index in [1.807, 2.05) is 0 Å². The van der Waals surface area contributed by atoms with E-state index in [1.54, 1.807) is 54.6 Å². The normalized spacial score (nSPS) is 11.5. The van der Waals surface area contributed by atoms with Gasteiger partial charge >= 0.3 is 6.18 Å². The zero-order chi connectivity index (χ0) is 31.0. The molecule has 0 aliphatic heterocycles. The number of hydrogen-bond acceptors (Lipinski definition) is 4. The third-order valence-corrected chi connectivity index (χ3v) is 7.08. The Labute approximate surface area is 253 Å². The molecule has 3 amide bonds. The molecule has 4 aromatic rings. The van der Waals surface area contributed by atoms with E-state index in [0.717, 1.165) is 36.0 Å². The summed E-state index contributed by atoms with van der Waals surface area (Å²) in [6.45, 7) is 0. The third-order valence-electron chi connectivity index (χ3n) is 5.75. The van der Waals surface area contributed by atoms with Crippen LogP contribution < -0.4 is 16.0 Å². The van der Waals surface area contributed by atoms with Crippen LogP contribution in [0.1, 0.15) is 21.5 Å². The second kappa shape index (κ2) is 14.0. The number of anilines is 2. The average Bonchev–Trinajstić information content (AvgIpc) is 2.97. The molecule has 3 N–H and O–H groups in total. The van der Waals surface area contributed by atoms with Crippen LogP contribution in [0.5, 0.6) is 0 Å². The van der Waals surface area contributed by atoms with E-state index < -0.39 is 35.3 Å². The first-order valence-corrected chi connectivity index (χ1v) is 13.9. The zero-order valence-electron chi connectivity index (χ0n) is 22.0. The van der Waals surface area contributed by atoms with Gasteiger partial charge in [0.1, 0.15) is 11.5 Å². The Morgan fingerprint density at radius 2 is 1.49 bits per heavy atom. The van der Waals surface area contributed by atoms with Crippen LogP contribution in [0, 0.1) is 5.82 Å². The minimum absolute atomic E-state index is 0.00765. The highest BCUT2D eigenvalue weighted by atomic mass is 35.5. The summed E-state index contributed by atoms with van der Waals surface area (Å²) in [5.41, 5.74) is -0.686. The van der Waals surface area contributed by atoms with E-state index in [4.69, 9.17) is 11.6 Å². The van der Waals surface area contributed by atoms with Gasteiger partial charge in [-0.25, -0.2) is 4.39 Å². The number of amides is 3. The van der Waals surface area contributed by atoms with Crippen molar-refractivity contribution in [2.45, 2.75) is 11.1 Å². The van der Waals surface area contributed by atoms with Gasteiger partial charge in [-0.1, -0.05) is 48.0 Å². The Morgan fingerprint density at radius 3 is 2.19 bits per heavy atom. The van der Waals surface area contributed by atoms with Gasteiger partial charge in [0.2, 0.25) is 5.91 Å². The smallest absolute Gasteiger partial charge is 0.325 e. The topological polar surface area (TPSA) is 87.3 Å². The lowest BCUT2D eigenvalue weighted by atomic mass is 10.1. The maximum atomic E-state index is 14.5. The van der Waals surface area contributed by atoms with E-state index in [1.165, 1.54) is 24.3 Å². The number of nitrogens with one attached hydrogen (secondary N) is 3. The lowest BCUT2D eigenvalue weighted by molar-refractivity contribution is -0.137. The fourth-order valence-corrected chi connectivity index (χ4v) is 4.69. The van der Waals surface area contributed by atoms with Gasteiger partial charge in [-0.2, -0.15) is 13.2 Å². The monoisotopic (exact) mass is 627 g/mol. The standard InChI is InChI=1S/C31H22ClF4N3O3S/c32-25-13-6-14-26(33)24(25)17-27(39-29(41)19-7-2-1-3-8-19)30(42)38-22-11-5-12-23(16-22)43-18-28(40)37-21-10-4-9-20(15-21)31(34,35)36/h1-17H,18H2,(H,37,40)(H,38,42)(H,39,41)/b27-17+. The highest BCUT2D eigenvalue weighted by Gasteiger charge is 2.30. The van der Waals surface area contributed by atoms with Gasteiger partial charge in [0.05, 0.1) is 16.3 Å². The molecule has 4 rings (SSSR count). The van der Waals surface area contributed by atoms with Gasteiger partial charge in [0.25, 0.3) is 11.8 Å². The van der Waals surface area contributed by atoms with Crippen LogP contribution in [0.2, 0.25) is 5.02 Å². The predicted octanol–water partition coefficient (Wildman–Crippen LogP) is 7.64. The quantitative estimate of drug-likeness (QED) is 0.101. The fourth-order valence-electron chi connectivity index (χ4n) is 3.72. The minimum atomic E-state index is -4.54. The summed E-state index contributed by atoms with van der Waals surface area (Å²) in [5.74, 6) is -2.74. The van der Waals surface area contributed by atoms with Crippen molar-refractivity contribution in [2.75, 3.05) is 16.4 Å². The molecule has 0 atom stereocenters. The van der Waals surface area contributed by atoms with Crippen molar-refractivity contribution in [3.8, 4) is 0 Å². The molecule has 0 unspecified atom stereocenters. The SMILES string of the molecule is O=C(CSc1cccc(NC(=O)/C(=C\c2c(F)cccc2Cl)NC(=O)c2ccccc2)c1)Nc1cccc(C(F)(F)F)c1. The third kappa shape index (κ3) is 8.94. The van der Waals surface area contributed by atoms with Crippen molar-refractivity contribution in [1.82, 2.24) is 5.32 Å². The number of carbonyl (C=O) groups excluding carboxylic acids is 3. The van der Waals surface area contributed by atoms with E-state index in [-0.39, 0.29) is 33.3 Å². The van der Waals surface area contributed by atoms with Crippen molar-refractivity contribution in [3.63, 3.8) is 0 Å². The summed E-state index contributed by atoms with van der Waals surface area (Å²) in [6, 6.07) is 22.8. The molecule has 0 bridgehead atoms. The Hall–Kier alpha value is -4.61. The van der Waals surface area contributed by atoms with Crippen LogP contribution in [0.3, 0.4) is 0 Å². The summed E-state index contributed by atoms with van der Waals surface area (Å²) >= 11 is 7.22. The molecule has 0 saturated carbocycles. The molecular weight excluding hydrogens is 606 g/mol. The number of thioether (sulfide) groups is 1. The number of rotatable bonds is 9. The highest BCUT2D eigenvalue weighted by molar-refractivity contribution is 8.00. The first-order valence-electron chi connectivity index (χ1n) is 12.5. The Bertz CT molecular complexity index is 1660. The van der Waals surface area contributed by atoms with Gasteiger partial charge in [0.15, 0.2) is 0 Å².